The number of morpholine rings is 1. The average molecular weight is 654 g/mol. The highest BCUT2D eigenvalue weighted by Gasteiger charge is 2.30. The number of likely N-dealkylation sites (N-methyl/N-ethyl adjacent to an activating group) is 1. The zero-order chi connectivity index (χ0) is 29.6. The number of hydrogen-bond acceptors (Lipinski definition) is 9. The molecule has 0 bridgehead atoms. The number of carbonyl (C=O) groups excluding carboxylic acids is 1. The molecule has 218 valence electrons. The number of amidine groups is 1. The normalized spacial score (nSPS) is 17.3. The van der Waals surface area contributed by atoms with E-state index in [0.717, 1.165) is 53.3 Å². The lowest BCUT2D eigenvalue weighted by Gasteiger charge is -2.28. The Labute approximate surface area is 256 Å². The van der Waals surface area contributed by atoms with Gasteiger partial charge >= 0.3 is 0 Å². The van der Waals surface area contributed by atoms with E-state index in [1.165, 1.54) is 23.9 Å². The summed E-state index contributed by atoms with van der Waals surface area (Å²) in [7, 11) is 1.72. The Morgan fingerprint density at radius 3 is 2.43 bits per heavy atom. The molecule has 2 saturated heterocycles. The van der Waals surface area contributed by atoms with Crippen LogP contribution in [0.5, 0.6) is 11.5 Å². The second kappa shape index (κ2) is 13.4. The molecule has 10 nitrogen and oxygen atoms in total. The first-order chi connectivity index (χ1) is 20.3. The first-order valence-electron chi connectivity index (χ1n) is 13.3. The van der Waals surface area contributed by atoms with Crippen LogP contribution in [0.25, 0.3) is 6.08 Å². The van der Waals surface area contributed by atoms with Crippen molar-refractivity contribution >= 4 is 61.9 Å². The number of halogens is 1. The molecule has 0 saturated carbocycles. The predicted molar refractivity (Wildman–Crippen MR) is 168 cm³/mol. The number of non-ortho nitro benzene ring substituents is 1. The molecule has 0 unspecified atom stereocenters. The van der Waals surface area contributed by atoms with E-state index >= 15 is 0 Å². The van der Waals surface area contributed by atoms with Gasteiger partial charge in [-0.15, -0.1) is 0 Å². The van der Waals surface area contributed by atoms with Crippen LogP contribution in [0.15, 0.2) is 75.0 Å². The molecule has 0 atom stereocenters. The van der Waals surface area contributed by atoms with Crippen molar-refractivity contribution in [1.29, 1.82) is 0 Å². The third-order valence-electron chi connectivity index (χ3n) is 6.65. The van der Waals surface area contributed by atoms with Crippen molar-refractivity contribution < 1.29 is 23.9 Å². The standard InChI is InChI=1S/C30H29BrN4O6S/c1-3-40-26-16-21(25(31)18-27(26)41-19-20-4-8-24(9-5-20)35(37)38)17-28-29(36)33(2)30(42-28)32-22-6-10-23(11-7-22)34-12-14-39-15-13-34/h4-11,16-18H,3,12-15,19H2,1-2H3/b28-17-,32-30?. The molecule has 42 heavy (non-hydrogen) atoms. The van der Waals surface area contributed by atoms with Crippen LogP contribution in [0.2, 0.25) is 0 Å². The molecule has 3 aromatic rings. The quantitative estimate of drug-likeness (QED) is 0.148. The molecule has 0 spiro atoms. The van der Waals surface area contributed by atoms with Crippen LogP contribution in [-0.2, 0) is 16.1 Å². The van der Waals surface area contributed by atoms with Crippen molar-refractivity contribution in [2.45, 2.75) is 13.5 Å². The fourth-order valence-corrected chi connectivity index (χ4v) is 5.79. The van der Waals surface area contributed by atoms with Gasteiger partial charge in [0.05, 0.1) is 35.3 Å². The minimum atomic E-state index is -0.438. The average Bonchev–Trinajstić information content (AvgIpc) is 3.26. The number of nitro benzene ring substituents is 1. The van der Waals surface area contributed by atoms with Gasteiger partial charge in [0.25, 0.3) is 11.6 Å². The van der Waals surface area contributed by atoms with Gasteiger partial charge in [-0.1, -0.05) is 15.9 Å². The van der Waals surface area contributed by atoms with Crippen LogP contribution in [0, 0.1) is 10.1 Å². The van der Waals surface area contributed by atoms with Gasteiger partial charge in [-0.05, 0) is 84.4 Å². The van der Waals surface area contributed by atoms with Gasteiger partial charge < -0.3 is 19.1 Å². The summed E-state index contributed by atoms with van der Waals surface area (Å²) in [5.74, 6) is 0.883. The number of rotatable bonds is 9. The van der Waals surface area contributed by atoms with Crippen LogP contribution in [0.1, 0.15) is 18.1 Å². The van der Waals surface area contributed by atoms with E-state index in [0.29, 0.717) is 28.2 Å². The van der Waals surface area contributed by atoms with E-state index in [1.54, 1.807) is 36.2 Å². The zero-order valence-electron chi connectivity index (χ0n) is 23.1. The Morgan fingerprint density at radius 2 is 1.76 bits per heavy atom. The fraction of sp³-hybridized carbons (Fsp3) is 0.267. The largest absolute Gasteiger partial charge is 0.490 e. The second-order valence-corrected chi connectivity index (χ2v) is 11.3. The van der Waals surface area contributed by atoms with Crippen molar-refractivity contribution in [3.63, 3.8) is 0 Å². The molecule has 0 aromatic heterocycles. The molecule has 2 heterocycles. The summed E-state index contributed by atoms with van der Waals surface area (Å²) in [5, 5.41) is 11.5. The molecular weight excluding hydrogens is 624 g/mol. The Bertz CT molecular complexity index is 1520. The number of nitrogens with zero attached hydrogens (tertiary/aromatic N) is 4. The molecule has 3 aromatic carbocycles. The summed E-state index contributed by atoms with van der Waals surface area (Å²) >= 11 is 4.91. The molecule has 0 aliphatic carbocycles. The highest BCUT2D eigenvalue weighted by Crippen LogP contribution is 2.39. The van der Waals surface area contributed by atoms with Gasteiger partial charge in [-0.2, -0.15) is 0 Å². The molecule has 1 amide bonds. The molecule has 5 rings (SSSR count). The van der Waals surface area contributed by atoms with E-state index in [-0.39, 0.29) is 18.2 Å². The number of aliphatic imine (C=N–C) groups is 1. The summed E-state index contributed by atoms with van der Waals surface area (Å²) in [6.45, 7) is 5.68. The minimum absolute atomic E-state index is 0.0220. The lowest BCUT2D eigenvalue weighted by Crippen LogP contribution is -2.36. The number of ether oxygens (including phenoxy) is 3. The number of carbonyl (C=O) groups is 1. The fourth-order valence-electron chi connectivity index (χ4n) is 4.38. The number of benzene rings is 3. The Kier molecular flexibility index (Phi) is 9.45. The summed E-state index contributed by atoms with van der Waals surface area (Å²) in [5.41, 5.74) is 3.45. The maximum atomic E-state index is 13.1. The van der Waals surface area contributed by atoms with E-state index in [4.69, 9.17) is 19.2 Å². The first kappa shape index (κ1) is 29.6. The maximum Gasteiger partial charge on any atom is 0.269 e. The second-order valence-electron chi connectivity index (χ2n) is 9.45. The third kappa shape index (κ3) is 6.94. The Hall–Kier alpha value is -3.87. The van der Waals surface area contributed by atoms with Gasteiger partial charge in [0, 0.05) is 42.4 Å². The van der Waals surface area contributed by atoms with Crippen molar-refractivity contribution in [3.8, 4) is 11.5 Å². The minimum Gasteiger partial charge on any atom is -0.490 e. The SMILES string of the molecule is CCOc1cc(/C=C2\SC(=Nc3ccc(N4CCOCC4)cc3)N(C)C2=O)c(Br)cc1OCc1ccc([N+](=O)[O-])cc1. The molecule has 2 fully saturated rings. The number of amides is 1. The van der Waals surface area contributed by atoms with Crippen molar-refractivity contribution in [3.05, 3.63) is 91.3 Å². The number of thioether (sulfide) groups is 1. The summed E-state index contributed by atoms with van der Waals surface area (Å²) in [6.07, 6.45) is 1.81. The van der Waals surface area contributed by atoms with Crippen LogP contribution in [-0.4, -0.2) is 60.9 Å². The van der Waals surface area contributed by atoms with E-state index in [1.807, 2.05) is 37.3 Å². The van der Waals surface area contributed by atoms with E-state index < -0.39 is 4.92 Å². The van der Waals surface area contributed by atoms with E-state index in [9.17, 15) is 14.9 Å². The van der Waals surface area contributed by atoms with Crippen molar-refractivity contribution in [2.75, 3.05) is 44.9 Å². The van der Waals surface area contributed by atoms with Crippen molar-refractivity contribution in [2.24, 2.45) is 4.99 Å². The van der Waals surface area contributed by atoms with Gasteiger partial charge in [0.15, 0.2) is 16.7 Å². The topological polar surface area (TPSA) is 107 Å². The Morgan fingerprint density at radius 1 is 1.07 bits per heavy atom. The number of hydrogen-bond donors (Lipinski definition) is 0. The monoisotopic (exact) mass is 652 g/mol. The highest BCUT2D eigenvalue weighted by atomic mass is 79.9. The number of anilines is 1. The third-order valence-corrected chi connectivity index (χ3v) is 8.39. The van der Waals surface area contributed by atoms with Crippen LogP contribution < -0.4 is 14.4 Å². The van der Waals surface area contributed by atoms with Crippen LogP contribution in [0.3, 0.4) is 0 Å². The molecule has 2 aliphatic rings. The zero-order valence-corrected chi connectivity index (χ0v) is 25.5. The van der Waals surface area contributed by atoms with Gasteiger partial charge in [0.2, 0.25) is 0 Å². The lowest BCUT2D eigenvalue weighted by molar-refractivity contribution is -0.384. The van der Waals surface area contributed by atoms with Gasteiger partial charge in [-0.3, -0.25) is 19.8 Å². The maximum absolute atomic E-state index is 13.1. The van der Waals surface area contributed by atoms with E-state index in [2.05, 4.69) is 20.8 Å². The molecule has 0 radical (unpaired) electrons. The summed E-state index contributed by atoms with van der Waals surface area (Å²) < 4.78 is 18.0. The van der Waals surface area contributed by atoms with Crippen LogP contribution >= 0.6 is 27.7 Å². The molecular formula is C30H29BrN4O6S. The van der Waals surface area contributed by atoms with Crippen molar-refractivity contribution in [1.82, 2.24) is 4.90 Å². The van der Waals surface area contributed by atoms with Gasteiger partial charge in [0.1, 0.15) is 6.61 Å². The smallest absolute Gasteiger partial charge is 0.269 e. The molecule has 12 heteroatoms. The van der Waals surface area contributed by atoms with Gasteiger partial charge in [-0.25, -0.2) is 4.99 Å². The van der Waals surface area contributed by atoms with Crippen LogP contribution in [0.4, 0.5) is 17.1 Å². The molecule has 2 aliphatic heterocycles. The summed E-state index contributed by atoms with van der Waals surface area (Å²) in [4.78, 5) is 32.7. The highest BCUT2D eigenvalue weighted by molar-refractivity contribution is 9.10. The molecule has 0 N–H and O–H groups in total. The Balaban J connectivity index is 1.32. The predicted octanol–water partition coefficient (Wildman–Crippen LogP) is 6.41. The lowest BCUT2D eigenvalue weighted by atomic mass is 10.1. The first-order valence-corrected chi connectivity index (χ1v) is 14.9. The number of nitro groups is 1. The summed E-state index contributed by atoms with van der Waals surface area (Å²) in [6, 6.07) is 17.8.